The largest absolute Gasteiger partial charge is 0.420 e. The van der Waals surface area contributed by atoms with Crippen molar-refractivity contribution in [1.29, 1.82) is 0 Å². The molecule has 0 bridgehead atoms. The van der Waals surface area contributed by atoms with E-state index in [1.54, 1.807) is 12.1 Å². The molecule has 0 radical (unpaired) electrons. The lowest BCUT2D eigenvalue weighted by Gasteiger charge is -2.09. The highest BCUT2D eigenvalue weighted by Crippen LogP contribution is 2.31. The van der Waals surface area contributed by atoms with E-state index in [0.29, 0.717) is 6.07 Å². The summed E-state index contributed by atoms with van der Waals surface area (Å²) in [5, 5.41) is 0. The van der Waals surface area contributed by atoms with Gasteiger partial charge in [-0.25, -0.2) is 18.0 Å². The van der Waals surface area contributed by atoms with Gasteiger partial charge >= 0.3 is 5.97 Å². The predicted octanol–water partition coefficient (Wildman–Crippen LogP) is 6.56. The second-order valence-electron chi connectivity index (χ2n) is 6.64. The van der Waals surface area contributed by atoms with Crippen molar-refractivity contribution in [3.63, 3.8) is 0 Å². The van der Waals surface area contributed by atoms with Gasteiger partial charge in [-0.1, -0.05) is 36.4 Å². The molecule has 160 valence electrons. The van der Waals surface area contributed by atoms with Crippen LogP contribution in [0.1, 0.15) is 10.4 Å². The highest BCUT2D eigenvalue weighted by molar-refractivity contribution is 7.97. The fourth-order valence-corrected chi connectivity index (χ4v) is 5.12. The monoisotopic (exact) mass is 455 g/mol. The minimum Gasteiger partial charge on any atom is -0.420 e. The summed E-state index contributed by atoms with van der Waals surface area (Å²) in [5.41, 5.74) is 0.0444. The van der Waals surface area contributed by atoms with Gasteiger partial charge in [-0.3, -0.25) is 0 Å². The van der Waals surface area contributed by atoms with Crippen LogP contribution in [0.3, 0.4) is 0 Å². The molecule has 0 N–H and O–H groups in total. The van der Waals surface area contributed by atoms with E-state index in [2.05, 4.69) is 0 Å². The second kappa shape index (κ2) is 9.28. The third-order valence-electron chi connectivity index (χ3n) is 4.56. The standard InChI is InChI=1S/C25H15F4O2S/c26-20-15-21(23(28)24(29)22(20)27)31-25(30)16-11-13-19(14-12-16)32(17-7-3-1-4-8-17)18-9-5-2-6-10-18/h1-15H/q+1. The lowest BCUT2D eigenvalue weighted by Crippen LogP contribution is -2.12. The van der Waals surface area contributed by atoms with Gasteiger partial charge in [0.05, 0.1) is 16.5 Å². The SMILES string of the molecule is O=C(Oc1cc(F)c(F)c(F)c1F)c1ccc([S+](c2ccccc2)c2ccccc2)cc1. The van der Waals surface area contributed by atoms with Crippen LogP contribution >= 0.6 is 0 Å². The Balaban J connectivity index is 1.63. The van der Waals surface area contributed by atoms with Gasteiger partial charge in [-0.2, -0.15) is 4.39 Å². The Morgan fingerprint density at radius 1 is 0.625 bits per heavy atom. The summed E-state index contributed by atoms with van der Waals surface area (Å²) in [7, 11) is -0.440. The maximum atomic E-state index is 13.8. The number of carbonyl (C=O) groups excluding carboxylic acids is 1. The molecule has 32 heavy (non-hydrogen) atoms. The van der Waals surface area contributed by atoms with Gasteiger partial charge < -0.3 is 4.74 Å². The summed E-state index contributed by atoms with van der Waals surface area (Å²) in [6.07, 6.45) is 0. The summed E-state index contributed by atoms with van der Waals surface area (Å²) in [6.45, 7) is 0. The van der Waals surface area contributed by atoms with Gasteiger partial charge in [-0.15, -0.1) is 0 Å². The minimum absolute atomic E-state index is 0.0444. The van der Waals surface area contributed by atoms with Crippen molar-refractivity contribution in [2.45, 2.75) is 14.7 Å². The topological polar surface area (TPSA) is 26.3 Å². The first-order valence-electron chi connectivity index (χ1n) is 9.45. The van der Waals surface area contributed by atoms with E-state index in [1.165, 1.54) is 12.1 Å². The average Bonchev–Trinajstić information content (AvgIpc) is 2.83. The zero-order chi connectivity index (χ0) is 22.7. The number of benzene rings is 4. The first-order valence-corrected chi connectivity index (χ1v) is 10.7. The molecule has 0 fully saturated rings. The lowest BCUT2D eigenvalue weighted by molar-refractivity contribution is 0.0725. The van der Waals surface area contributed by atoms with Gasteiger partial charge in [0.2, 0.25) is 11.6 Å². The smallest absolute Gasteiger partial charge is 0.343 e. The molecule has 0 aliphatic heterocycles. The zero-order valence-corrected chi connectivity index (χ0v) is 17.2. The molecule has 0 unspecified atom stereocenters. The molecule has 0 spiro atoms. The van der Waals surface area contributed by atoms with E-state index in [9.17, 15) is 22.4 Å². The molecule has 0 aromatic heterocycles. The number of hydrogen-bond acceptors (Lipinski definition) is 2. The van der Waals surface area contributed by atoms with Crippen molar-refractivity contribution in [3.05, 3.63) is 120 Å². The van der Waals surface area contributed by atoms with Crippen LogP contribution in [0.2, 0.25) is 0 Å². The number of rotatable bonds is 5. The second-order valence-corrected chi connectivity index (χ2v) is 8.67. The summed E-state index contributed by atoms with van der Waals surface area (Å²) >= 11 is 0. The van der Waals surface area contributed by atoms with Crippen molar-refractivity contribution in [1.82, 2.24) is 0 Å². The fourth-order valence-electron chi connectivity index (χ4n) is 3.03. The highest BCUT2D eigenvalue weighted by atomic mass is 32.2. The van der Waals surface area contributed by atoms with E-state index in [1.807, 2.05) is 60.7 Å². The molecule has 7 heteroatoms. The van der Waals surface area contributed by atoms with E-state index in [4.69, 9.17) is 4.74 Å². The third-order valence-corrected chi connectivity index (χ3v) is 6.79. The van der Waals surface area contributed by atoms with Crippen LogP contribution in [-0.2, 0) is 10.9 Å². The molecule has 4 aromatic rings. The Hall–Kier alpha value is -3.58. The molecule has 0 aliphatic rings. The first-order chi connectivity index (χ1) is 15.5. The van der Waals surface area contributed by atoms with Crippen LogP contribution in [-0.4, -0.2) is 5.97 Å². The normalized spacial score (nSPS) is 10.9. The van der Waals surface area contributed by atoms with Gasteiger partial charge in [-0.05, 0) is 48.5 Å². The molecule has 0 saturated heterocycles. The molecular weight excluding hydrogens is 440 g/mol. The zero-order valence-electron chi connectivity index (χ0n) is 16.4. The molecule has 0 heterocycles. The number of carbonyl (C=O) groups is 1. The Morgan fingerprint density at radius 3 is 1.66 bits per heavy atom. The quantitative estimate of drug-likeness (QED) is 0.0851. The fraction of sp³-hybridized carbons (Fsp3) is 0. The van der Waals surface area contributed by atoms with Gasteiger partial charge in [0.25, 0.3) is 0 Å². The van der Waals surface area contributed by atoms with Crippen LogP contribution in [0.25, 0.3) is 0 Å². The number of hydrogen-bond donors (Lipinski definition) is 0. The highest BCUT2D eigenvalue weighted by Gasteiger charge is 2.29. The molecule has 2 nitrogen and oxygen atoms in total. The Labute approximate surface area is 184 Å². The van der Waals surface area contributed by atoms with E-state index >= 15 is 0 Å². The maximum Gasteiger partial charge on any atom is 0.343 e. The van der Waals surface area contributed by atoms with Crippen LogP contribution < -0.4 is 4.74 Å². The molecule has 0 atom stereocenters. The van der Waals surface area contributed by atoms with Gasteiger partial charge in [0.15, 0.2) is 32.1 Å². The van der Waals surface area contributed by atoms with Crippen molar-refractivity contribution < 1.29 is 27.1 Å². The molecule has 0 aliphatic carbocycles. The van der Waals surface area contributed by atoms with Crippen LogP contribution in [0.5, 0.6) is 5.75 Å². The summed E-state index contributed by atoms with van der Waals surface area (Å²) in [5.74, 6) is -9.50. The number of ether oxygens (including phenoxy) is 1. The van der Waals surface area contributed by atoms with Crippen molar-refractivity contribution in [3.8, 4) is 5.75 Å². The molecule has 0 amide bonds. The van der Waals surface area contributed by atoms with Crippen molar-refractivity contribution >= 4 is 16.9 Å². The van der Waals surface area contributed by atoms with E-state index in [-0.39, 0.29) is 5.56 Å². The Bertz CT molecular complexity index is 1210. The van der Waals surface area contributed by atoms with Crippen LogP contribution in [0.4, 0.5) is 17.6 Å². The molecular formula is C25H15F4O2S+. The average molecular weight is 455 g/mol. The lowest BCUT2D eigenvalue weighted by atomic mass is 10.2. The molecule has 0 saturated carbocycles. The van der Waals surface area contributed by atoms with Crippen LogP contribution in [0.15, 0.2) is 106 Å². The number of esters is 1. The Morgan fingerprint density at radius 2 is 1.12 bits per heavy atom. The van der Waals surface area contributed by atoms with Crippen LogP contribution in [0, 0.1) is 23.3 Å². The Kier molecular flexibility index (Phi) is 6.28. The first kappa shape index (κ1) is 21.6. The summed E-state index contributed by atoms with van der Waals surface area (Å²) in [4.78, 5) is 15.4. The third kappa shape index (κ3) is 4.38. The maximum absolute atomic E-state index is 13.8. The summed E-state index contributed by atoms with van der Waals surface area (Å²) in [6, 6.07) is 26.4. The molecule has 4 rings (SSSR count). The van der Waals surface area contributed by atoms with Crippen molar-refractivity contribution in [2.75, 3.05) is 0 Å². The predicted molar refractivity (Wildman–Crippen MR) is 113 cm³/mol. The molecule has 4 aromatic carbocycles. The van der Waals surface area contributed by atoms with Crippen molar-refractivity contribution in [2.24, 2.45) is 0 Å². The summed E-state index contributed by atoms with van der Waals surface area (Å²) < 4.78 is 58.4. The number of halogens is 4. The minimum atomic E-state index is -2.04. The van der Waals surface area contributed by atoms with E-state index in [0.717, 1.165) is 14.7 Å². The van der Waals surface area contributed by atoms with Gasteiger partial charge in [0.1, 0.15) is 0 Å². The van der Waals surface area contributed by atoms with E-state index < -0.39 is 45.9 Å². The van der Waals surface area contributed by atoms with Gasteiger partial charge in [0, 0.05) is 6.07 Å².